The van der Waals surface area contributed by atoms with Crippen molar-refractivity contribution < 1.29 is 9.90 Å². The summed E-state index contributed by atoms with van der Waals surface area (Å²) >= 11 is 12.4. The van der Waals surface area contributed by atoms with E-state index >= 15 is 0 Å². The fraction of sp³-hybridized carbons (Fsp3) is 0.211. The minimum atomic E-state index is -0.836. The molecule has 1 atom stereocenters. The molecule has 1 unspecified atom stereocenters. The molecular weight excluding hydrogens is 373 g/mol. The lowest BCUT2D eigenvalue weighted by molar-refractivity contribution is -0.138. The van der Waals surface area contributed by atoms with E-state index in [4.69, 9.17) is 23.2 Å². The highest BCUT2D eigenvalue weighted by Gasteiger charge is 2.33. The van der Waals surface area contributed by atoms with Crippen molar-refractivity contribution in [3.05, 3.63) is 52.8 Å². The monoisotopic (exact) mass is 387 g/mol. The topological polar surface area (TPSA) is 66.3 Å². The van der Waals surface area contributed by atoms with Crippen LogP contribution in [0.15, 0.2) is 42.7 Å². The van der Waals surface area contributed by atoms with Gasteiger partial charge < -0.3 is 10.0 Å². The van der Waals surface area contributed by atoms with Crippen molar-refractivity contribution >= 4 is 45.9 Å². The van der Waals surface area contributed by atoms with Crippen LogP contribution in [0, 0.1) is 0 Å². The lowest BCUT2D eigenvalue weighted by Crippen LogP contribution is -2.36. The number of aromatic nitrogens is 2. The Morgan fingerprint density at radius 2 is 1.92 bits per heavy atom. The predicted octanol–water partition coefficient (Wildman–Crippen LogP) is 4.66. The van der Waals surface area contributed by atoms with Gasteiger partial charge in [-0.3, -0.25) is 0 Å². The molecule has 132 valence electrons. The Kier molecular flexibility index (Phi) is 4.42. The molecule has 0 saturated carbocycles. The molecule has 0 spiro atoms. The van der Waals surface area contributed by atoms with Gasteiger partial charge in [-0.05, 0) is 48.2 Å². The van der Waals surface area contributed by atoms with Gasteiger partial charge in [0.25, 0.3) is 0 Å². The van der Waals surface area contributed by atoms with Crippen LogP contribution in [0.2, 0.25) is 10.0 Å². The van der Waals surface area contributed by atoms with Gasteiger partial charge in [0, 0.05) is 16.6 Å². The van der Waals surface area contributed by atoms with E-state index in [9.17, 15) is 9.90 Å². The van der Waals surface area contributed by atoms with Crippen LogP contribution >= 0.6 is 23.2 Å². The number of aliphatic carboxylic acids is 1. The predicted molar refractivity (Wildman–Crippen MR) is 103 cm³/mol. The standard InChI is InChI=1S/C19H15Cl2N3O2/c20-12-7-11(8-13(21)9-12)14-3-1-4-15-17(14)18(23-10-22-15)24-6-2-5-16(24)19(25)26/h1,3-4,7-10,16H,2,5-6H2,(H,25,26). The minimum Gasteiger partial charge on any atom is -0.480 e. The maximum Gasteiger partial charge on any atom is 0.326 e. The van der Waals surface area contributed by atoms with Gasteiger partial charge in [0.15, 0.2) is 0 Å². The summed E-state index contributed by atoms with van der Waals surface area (Å²) in [7, 11) is 0. The average Bonchev–Trinajstić information content (AvgIpc) is 3.09. The minimum absolute atomic E-state index is 0.535. The third-order valence-electron chi connectivity index (χ3n) is 4.63. The van der Waals surface area contributed by atoms with Gasteiger partial charge in [0.1, 0.15) is 18.2 Å². The first-order valence-corrected chi connectivity index (χ1v) is 9.00. The third kappa shape index (κ3) is 2.97. The number of fused-ring (bicyclic) bond motifs is 1. The summed E-state index contributed by atoms with van der Waals surface area (Å²) in [6.45, 7) is 0.647. The Bertz CT molecular complexity index is 984. The lowest BCUT2D eigenvalue weighted by atomic mass is 10.0. The second-order valence-electron chi connectivity index (χ2n) is 6.24. The van der Waals surface area contributed by atoms with Gasteiger partial charge in [0.05, 0.1) is 10.9 Å². The number of hydrogen-bond donors (Lipinski definition) is 1. The SMILES string of the molecule is O=C(O)C1CCCN1c1ncnc2cccc(-c3cc(Cl)cc(Cl)c3)c12. The third-order valence-corrected chi connectivity index (χ3v) is 5.06. The summed E-state index contributed by atoms with van der Waals surface area (Å²) in [6.07, 6.45) is 2.89. The van der Waals surface area contributed by atoms with Gasteiger partial charge in [-0.2, -0.15) is 0 Å². The van der Waals surface area contributed by atoms with Crippen molar-refractivity contribution in [1.29, 1.82) is 0 Å². The number of nitrogens with zero attached hydrogens (tertiary/aromatic N) is 3. The molecular formula is C19H15Cl2N3O2. The number of carboxylic acids is 1. The molecule has 0 bridgehead atoms. The van der Waals surface area contributed by atoms with Crippen LogP contribution in [0.5, 0.6) is 0 Å². The Morgan fingerprint density at radius 1 is 1.15 bits per heavy atom. The van der Waals surface area contributed by atoms with E-state index in [1.54, 1.807) is 6.07 Å². The fourth-order valence-corrected chi connectivity index (χ4v) is 4.06. The number of hydrogen-bond acceptors (Lipinski definition) is 4. The second kappa shape index (κ2) is 6.74. The van der Waals surface area contributed by atoms with Gasteiger partial charge in [-0.25, -0.2) is 14.8 Å². The molecule has 1 N–H and O–H groups in total. The fourth-order valence-electron chi connectivity index (χ4n) is 3.54. The zero-order chi connectivity index (χ0) is 18.3. The highest BCUT2D eigenvalue weighted by Crippen LogP contribution is 2.37. The van der Waals surface area contributed by atoms with Crippen LogP contribution < -0.4 is 4.90 Å². The summed E-state index contributed by atoms with van der Waals surface area (Å²) in [6, 6.07) is 10.5. The van der Waals surface area contributed by atoms with Gasteiger partial charge >= 0.3 is 5.97 Å². The first kappa shape index (κ1) is 17.1. The molecule has 4 rings (SSSR count). The molecule has 0 amide bonds. The van der Waals surface area contributed by atoms with Crippen LogP contribution in [0.25, 0.3) is 22.0 Å². The molecule has 5 nitrogen and oxygen atoms in total. The maximum absolute atomic E-state index is 11.6. The van der Waals surface area contributed by atoms with E-state index in [-0.39, 0.29) is 0 Å². The summed E-state index contributed by atoms with van der Waals surface area (Å²) in [5.41, 5.74) is 2.47. The maximum atomic E-state index is 11.6. The van der Waals surface area contributed by atoms with Crippen LogP contribution in [0.1, 0.15) is 12.8 Å². The largest absolute Gasteiger partial charge is 0.480 e. The molecule has 1 aliphatic heterocycles. The normalized spacial score (nSPS) is 17.0. The molecule has 3 aromatic rings. The Balaban J connectivity index is 1.97. The molecule has 2 aromatic carbocycles. The molecule has 1 aromatic heterocycles. The highest BCUT2D eigenvalue weighted by atomic mass is 35.5. The molecule has 0 aliphatic carbocycles. The summed E-state index contributed by atoms with van der Waals surface area (Å²) in [5.74, 6) is -0.204. The van der Waals surface area contributed by atoms with Crippen LogP contribution in [0.4, 0.5) is 5.82 Å². The Hall–Kier alpha value is -2.37. The first-order chi connectivity index (χ1) is 12.5. The number of anilines is 1. The van der Waals surface area contributed by atoms with E-state index < -0.39 is 12.0 Å². The average molecular weight is 388 g/mol. The number of rotatable bonds is 3. The summed E-state index contributed by atoms with van der Waals surface area (Å²) < 4.78 is 0. The van der Waals surface area contributed by atoms with Gasteiger partial charge in [-0.1, -0.05) is 35.3 Å². The molecule has 2 heterocycles. The smallest absolute Gasteiger partial charge is 0.326 e. The molecule has 1 fully saturated rings. The van der Waals surface area contributed by atoms with E-state index in [1.807, 2.05) is 35.2 Å². The molecule has 26 heavy (non-hydrogen) atoms. The quantitative estimate of drug-likeness (QED) is 0.707. The van der Waals surface area contributed by atoms with E-state index in [2.05, 4.69) is 9.97 Å². The lowest BCUT2D eigenvalue weighted by Gasteiger charge is -2.24. The summed E-state index contributed by atoms with van der Waals surface area (Å²) in [5, 5.41) is 11.4. The highest BCUT2D eigenvalue weighted by molar-refractivity contribution is 6.35. The Labute approximate surface area is 160 Å². The van der Waals surface area contributed by atoms with Crippen molar-refractivity contribution in [2.24, 2.45) is 0 Å². The molecule has 0 radical (unpaired) electrons. The van der Waals surface area contributed by atoms with Crippen molar-refractivity contribution in [3.63, 3.8) is 0 Å². The number of benzene rings is 2. The van der Waals surface area contributed by atoms with Gasteiger partial charge in [-0.15, -0.1) is 0 Å². The van der Waals surface area contributed by atoms with Gasteiger partial charge in [0.2, 0.25) is 0 Å². The molecule has 1 saturated heterocycles. The van der Waals surface area contributed by atoms with E-state index in [0.717, 1.165) is 28.5 Å². The van der Waals surface area contributed by atoms with Crippen molar-refractivity contribution in [2.45, 2.75) is 18.9 Å². The van der Waals surface area contributed by atoms with Crippen LogP contribution in [-0.4, -0.2) is 33.6 Å². The zero-order valence-electron chi connectivity index (χ0n) is 13.7. The Morgan fingerprint density at radius 3 is 2.65 bits per heavy atom. The van der Waals surface area contributed by atoms with Crippen molar-refractivity contribution in [3.8, 4) is 11.1 Å². The second-order valence-corrected chi connectivity index (χ2v) is 7.12. The first-order valence-electron chi connectivity index (χ1n) is 8.24. The summed E-state index contributed by atoms with van der Waals surface area (Å²) in [4.78, 5) is 22.3. The van der Waals surface area contributed by atoms with E-state index in [1.165, 1.54) is 6.33 Å². The van der Waals surface area contributed by atoms with Crippen LogP contribution in [0.3, 0.4) is 0 Å². The molecule has 1 aliphatic rings. The van der Waals surface area contributed by atoms with Crippen LogP contribution in [-0.2, 0) is 4.79 Å². The van der Waals surface area contributed by atoms with Crippen molar-refractivity contribution in [1.82, 2.24) is 9.97 Å². The van der Waals surface area contributed by atoms with E-state index in [0.29, 0.717) is 28.8 Å². The molecule has 7 heteroatoms. The van der Waals surface area contributed by atoms with Crippen molar-refractivity contribution in [2.75, 3.05) is 11.4 Å². The number of carbonyl (C=O) groups is 1. The zero-order valence-corrected chi connectivity index (χ0v) is 15.2. The number of carboxylic acid groups (broad SMARTS) is 1. The number of halogens is 2.